The number of hydrogen-bond acceptors (Lipinski definition) is 4. The van der Waals surface area contributed by atoms with Crippen LogP contribution in [0.25, 0.3) is 0 Å². The first-order valence-electron chi connectivity index (χ1n) is 11.2. The minimum Gasteiger partial charge on any atom is -0.379 e. The van der Waals surface area contributed by atoms with Gasteiger partial charge in [-0.3, -0.25) is 9.89 Å². The second-order valence-electron chi connectivity index (χ2n) is 8.43. The molecule has 2 aromatic rings. The molecule has 3 heterocycles. The molecule has 1 aromatic heterocycles. The smallest absolute Gasteiger partial charge is 0.193 e. The Morgan fingerprint density at radius 2 is 2.00 bits per heavy atom. The van der Waals surface area contributed by atoms with Crippen LogP contribution < -0.4 is 5.32 Å². The van der Waals surface area contributed by atoms with Gasteiger partial charge in [0.25, 0.3) is 0 Å². The molecule has 7 nitrogen and oxygen atoms in total. The maximum atomic E-state index is 6.14. The van der Waals surface area contributed by atoms with Crippen molar-refractivity contribution >= 4 is 41.5 Å². The lowest BCUT2D eigenvalue weighted by atomic mass is 9.93. The van der Waals surface area contributed by atoms with Gasteiger partial charge in [-0.25, -0.2) is 4.98 Å². The van der Waals surface area contributed by atoms with Gasteiger partial charge in [0.2, 0.25) is 0 Å². The minimum atomic E-state index is 0. The van der Waals surface area contributed by atoms with E-state index in [-0.39, 0.29) is 30.0 Å². The Bertz CT molecular complexity index is 841. The molecule has 2 saturated heterocycles. The van der Waals surface area contributed by atoms with E-state index in [9.17, 15) is 0 Å². The summed E-state index contributed by atoms with van der Waals surface area (Å²) in [5.74, 6) is 1.57. The first-order valence-corrected chi connectivity index (χ1v) is 11.5. The zero-order valence-corrected chi connectivity index (χ0v) is 21.9. The lowest BCUT2D eigenvalue weighted by Gasteiger charge is -2.40. The van der Waals surface area contributed by atoms with Gasteiger partial charge in [0.15, 0.2) is 5.96 Å². The van der Waals surface area contributed by atoms with Crippen molar-refractivity contribution in [2.24, 2.45) is 10.9 Å². The van der Waals surface area contributed by atoms with Gasteiger partial charge in [-0.1, -0.05) is 30.7 Å². The van der Waals surface area contributed by atoms with Crippen molar-refractivity contribution in [3.05, 3.63) is 53.6 Å². The third-order valence-electron chi connectivity index (χ3n) is 6.53. The Labute approximate surface area is 213 Å². The summed E-state index contributed by atoms with van der Waals surface area (Å²) in [5, 5.41) is 4.43. The average Bonchev–Trinajstić information content (AvgIpc) is 3.34. The van der Waals surface area contributed by atoms with Crippen LogP contribution in [0.3, 0.4) is 0 Å². The minimum absolute atomic E-state index is 0. The molecular formula is C23H34ClIN6O. The second kappa shape index (κ2) is 12.2. The Balaban J connectivity index is 0.00000289. The van der Waals surface area contributed by atoms with E-state index in [4.69, 9.17) is 16.3 Å². The number of aromatic nitrogens is 2. The number of nitrogens with one attached hydrogen (secondary N) is 1. The molecule has 1 aromatic carbocycles. The number of guanidine groups is 1. The van der Waals surface area contributed by atoms with Gasteiger partial charge in [-0.05, 0) is 30.0 Å². The van der Waals surface area contributed by atoms with Crippen LogP contribution in [0.5, 0.6) is 0 Å². The lowest BCUT2D eigenvalue weighted by Crippen LogP contribution is -2.51. The molecule has 0 radical (unpaired) electrons. The maximum absolute atomic E-state index is 6.14. The van der Waals surface area contributed by atoms with Crippen LogP contribution in [0.2, 0.25) is 5.02 Å². The molecule has 2 aliphatic rings. The maximum Gasteiger partial charge on any atom is 0.193 e. The van der Waals surface area contributed by atoms with E-state index in [1.165, 1.54) is 5.56 Å². The van der Waals surface area contributed by atoms with Crippen molar-refractivity contribution < 1.29 is 4.74 Å². The molecule has 4 rings (SSSR count). The lowest BCUT2D eigenvalue weighted by molar-refractivity contribution is 0.0168. The monoisotopic (exact) mass is 572 g/mol. The summed E-state index contributed by atoms with van der Waals surface area (Å²) in [6, 6.07) is 8.85. The number of halogens is 2. The molecule has 0 amide bonds. The van der Waals surface area contributed by atoms with Crippen molar-refractivity contribution in [1.29, 1.82) is 0 Å². The van der Waals surface area contributed by atoms with Crippen LogP contribution >= 0.6 is 35.6 Å². The van der Waals surface area contributed by atoms with Crippen molar-refractivity contribution in [1.82, 2.24) is 24.7 Å². The third kappa shape index (κ3) is 6.15. The standard InChI is InChI=1S/C23H33ClN6O.HI/c1-18-7-9-29(16-22(18)30-10-8-26-17-30)23(25-2)27-15-21(28-11-13-31-14-12-28)19-3-5-20(24)6-4-19;/h3-6,8,10,17-18,21-22H,7,9,11-16H2,1-2H3,(H,25,27);1H. The number of morpholine rings is 1. The molecule has 2 aliphatic heterocycles. The zero-order chi connectivity index (χ0) is 21.6. The van der Waals surface area contributed by atoms with Gasteiger partial charge in [-0.2, -0.15) is 0 Å². The van der Waals surface area contributed by atoms with Gasteiger partial charge in [0.1, 0.15) is 0 Å². The van der Waals surface area contributed by atoms with Crippen LogP contribution in [0.1, 0.15) is 31.0 Å². The van der Waals surface area contributed by atoms with Crippen LogP contribution in [0.15, 0.2) is 48.0 Å². The number of benzene rings is 1. The summed E-state index contributed by atoms with van der Waals surface area (Å²) in [4.78, 5) is 13.7. The van der Waals surface area contributed by atoms with Gasteiger partial charge in [0, 0.05) is 57.2 Å². The molecule has 32 heavy (non-hydrogen) atoms. The Kier molecular flexibility index (Phi) is 9.63. The molecule has 176 valence electrons. The third-order valence-corrected chi connectivity index (χ3v) is 6.78. The number of piperidine rings is 1. The van der Waals surface area contributed by atoms with E-state index >= 15 is 0 Å². The van der Waals surface area contributed by atoms with Gasteiger partial charge < -0.3 is 19.5 Å². The van der Waals surface area contributed by atoms with Crippen LogP contribution in [-0.2, 0) is 4.74 Å². The SMILES string of the molecule is CN=C(NCC(c1ccc(Cl)cc1)N1CCOCC1)N1CCC(C)C(n2ccnc2)C1.I. The normalized spacial score (nSPS) is 23.5. The number of rotatable bonds is 5. The fourth-order valence-corrected chi connectivity index (χ4v) is 4.77. The van der Waals surface area contributed by atoms with E-state index in [0.29, 0.717) is 12.0 Å². The van der Waals surface area contributed by atoms with Crippen molar-refractivity contribution in [3.8, 4) is 0 Å². The van der Waals surface area contributed by atoms with E-state index < -0.39 is 0 Å². The molecule has 0 bridgehead atoms. The average molecular weight is 573 g/mol. The fraction of sp³-hybridized carbons (Fsp3) is 0.565. The number of ether oxygens (including phenoxy) is 1. The summed E-state index contributed by atoms with van der Waals surface area (Å²) in [6.07, 6.45) is 6.98. The highest BCUT2D eigenvalue weighted by Gasteiger charge is 2.30. The molecule has 2 fully saturated rings. The molecule has 3 atom stereocenters. The molecular weight excluding hydrogens is 539 g/mol. The summed E-state index contributed by atoms with van der Waals surface area (Å²) in [7, 11) is 1.87. The first-order chi connectivity index (χ1) is 15.2. The summed E-state index contributed by atoms with van der Waals surface area (Å²) in [5.41, 5.74) is 1.26. The van der Waals surface area contributed by atoms with E-state index in [1.54, 1.807) is 0 Å². The highest BCUT2D eigenvalue weighted by atomic mass is 127. The second-order valence-corrected chi connectivity index (χ2v) is 8.87. The summed E-state index contributed by atoms with van der Waals surface area (Å²) in [6.45, 7) is 8.46. The first kappa shape index (κ1) is 25.3. The molecule has 3 unspecified atom stereocenters. The predicted octanol–water partition coefficient (Wildman–Crippen LogP) is 3.69. The Morgan fingerprint density at radius 1 is 1.25 bits per heavy atom. The molecule has 9 heteroatoms. The van der Waals surface area contributed by atoms with E-state index in [1.807, 2.05) is 31.7 Å². The molecule has 1 N–H and O–H groups in total. The molecule has 0 saturated carbocycles. The van der Waals surface area contributed by atoms with Crippen LogP contribution in [0.4, 0.5) is 0 Å². The number of imidazole rings is 1. The Hall–Kier alpha value is -1.36. The number of aliphatic imine (C=N–C) groups is 1. The topological polar surface area (TPSA) is 57.9 Å². The largest absolute Gasteiger partial charge is 0.379 e. The summed E-state index contributed by atoms with van der Waals surface area (Å²) < 4.78 is 7.81. The number of nitrogens with zero attached hydrogens (tertiary/aromatic N) is 5. The van der Waals surface area contributed by atoms with Crippen molar-refractivity contribution in [3.63, 3.8) is 0 Å². The highest BCUT2D eigenvalue weighted by molar-refractivity contribution is 14.0. The highest BCUT2D eigenvalue weighted by Crippen LogP contribution is 2.28. The Morgan fingerprint density at radius 3 is 2.66 bits per heavy atom. The zero-order valence-electron chi connectivity index (χ0n) is 18.9. The molecule has 0 aliphatic carbocycles. The van der Waals surface area contributed by atoms with Crippen molar-refractivity contribution in [2.75, 3.05) is 53.0 Å². The number of likely N-dealkylation sites (tertiary alicyclic amines) is 1. The number of hydrogen-bond donors (Lipinski definition) is 1. The predicted molar refractivity (Wildman–Crippen MR) is 140 cm³/mol. The van der Waals surface area contributed by atoms with Crippen LogP contribution in [-0.4, -0.2) is 78.3 Å². The van der Waals surface area contributed by atoms with Gasteiger partial charge in [0.05, 0.1) is 31.6 Å². The van der Waals surface area contributed by atoms with Crippen LogP contribution in [0, 0.1) is 5.92 Å². The van der Waals surface area contributed by atoms with E-state index in [0.717, 1.165) is 63.3 Å². The van der Waals surface area contributed by atoms with Gasteiger partial charge in [-0.15, -0.1) is 24.0 Å². The van der Waals surface area contributed by atoms with E-state index in [2.05, 4.69) is 54.9 Å². The quantitative estimate of drug-likeness (QED) is 0.337. The van der Waals surface area contributed by atoms with Gasteiger partial charge >= 0.3 is 0 Å². The van der Waals surface area contributed by atoms with Crippen molar-refractivity contribution in [2.45, 2.75) is 25.4 Å². The summed E-state index contributed by atoms with van der Waals surface area (Å²) >= 11 is 6.14. The fourth-order valence-electron chi connectivity index (χ4n) is 4.65. The molecule has 0 spiro atoms.